The summed E-state index contributed by atoms with van der Waals surface area (Å²) in [6, 6.07) is 24.3. The van der Waals surface area contributed by atoms with E-state index >= 15 is 0 Å². The number of carbonyl (C=O) groups is 4. The molecule has 0 saturated carbocycles. The SMILES string of the molecule is C=CC(=O)Oc1ccc(CCC(=O)Oc2ccc(-c3ccc(-c4ccc(OC(=O)C(=C)C)cc4)c(CO)c3)cc2)cc1OC(=O)C=C. The first kappa shape index (κ1) is 33.8. The Bertz CT molecular complexity index is 1830. The lowest BCUT2D eigenvalue weighted by Crippen LogP contribution is -2.10. The van der Waals surface area contributed by atoms with Gasteiger partial charge < -0.3 is 24.1 Å². The van der Waals surface area contributed by atoms with Gasteiger partial charge in [-0.15, -0.1) is 0 Å². The number of carbonyl (C=O) groups excluding carboxylic acids is 4. The number of aliphatic hydroxyl groups is 1. The number of hydrogen-bond donors (Lipinski definition) is 1. The molecule has 4 aromatic rings. The third-order valence-electron chi connectivity index (χ3n) is 6.80. The zero-order valence-electron chi connectivity index (χ0n) is 25.7. The van der Waals surface area contributed by atoms with E-state index in [0.29, 0.717) is 28.2 Å². The van der Waals surface area contributed by atoms with Crippen LogP contribution in [0, 0.1) is 0 Å². The number of esters is 4. The second-order valence-electron chi connectivity index (χ2n) is 10.3. The predicted octanol–water partition coefficient (Wildman–Crippen LogP) is 6.72. The molecule has 0 amide bonds. The van der Waals surface area contributed by atoms with E-state index in [9.17, 15) is 24.3 Å². The molecule has 0 heterocycles. The molecule has 0 saturated heterocycles. The first-order valence-electron chi connectivity index (χ1n) is 14.4. The molecule has 0 unspecified atom stereocenters. The topological polar surface area (TPSA) is 125 Å². The Balaban J connectivity index is 1.39. The van der Waals surface area contributed by atoms with Crippen molar-refractivity contribution in [3.8, 4) is 45.3 Å². The highest BCUT2D eigenvalue weighted by molar-refractivity contribution is 5.89. The average Bonchev–Trinajstić information content (AvgIpc) is 3.08. The van der Waals surface area contributed by atoms with Gasteiger partial charge in [0.25, 0.3) is 0 Å². The van der Waals surface area contributed by atoms with Gasteiger partial charge in [0, 0.05) is 24.1 Å². The summed E-state index contributed by atoms with van der Waals surface area (Å²) in [4.78, 5) is 47.7. The molecule has 9 nitrogen and oxygen atoms in total. The van der Waals surface area contributed by atoms with Crippen LogP contribution in [0.25, 0.3) is 22.3 Å². The summed E-state index contributed by atoms with van der Waals surface area (Å²) in [5.41, 5.74) is 5.05. The minimum absolute atomic E-state index is 0.00320. The van der Waals surface area contributed by atoms with Crippen LogP contribution in [0.4, 0.5) is 0 Å². The quantitative estimate of drug-likeness (QED) is 0.0972. The summed E-state index contributed by atoms with van der Waals surface area (Å²) in [6.45, 7) is 11.7. The van der Waals surface area contributed by atoms with Gasteiger partial charge >= 0.3 is 23.9 Å². The Morgan fingerprint density at radius 3 is 1.85 bits per heavy atom. The van der Waals surface area contributed by atoms with Crippen LogP contribution in [0.3, 0.4) is 0 Å². The fourth-order valence-corrected chi connectivity index (χ4v) is 4.40. The lowest BCUT2D eigenvalue weighted by Gasteiger charge is -2.12. The van der Waals surface area contributed by atoms with E-state index in [-0.39, 0.29) is 30.9 Å². The Hall–Kier alpha value is -6.06. The highest BCUT2D eigenvalue weighted by Gasteiger charge is 2.15. The fourth-order valence-electron chi connectivity index (χ4n) is 4.40. The maximum Gasteiger partial charge on any atom is 0.338 e. The van der Waals surface area contributed by atoms with Crippen molar-refractivity contribution in [1.82, 2.24) is 0 Å². The van der Waals surface area contributed by atoms with Gasteiger partial charge in [-0.25, -0.2) is 14.4 Å². The second kappa shape index (κ2) is 15.8. The third kappa shape index (κ3) is 9.23. The highest BCUT2D eigenvalue weighted by atomic mass is 16.6. The zero-order chi connectivity index (χ0) is 33.9. The van der Waals surface area contributed by atoms with E-state index in [1.54, 1.807) is 37.3 Å². The van der Waals surface area contributed by atoms with Crippen molar-refractivity contribution >= 4 is 23.9 Å². The molecule has 0 bridgehead atoms. The summed E-state index contributed by atoms with van der Waals surface area (Å²) in [5, 5.41) is 10.1. The van der Waals surface area contributed by atoms with Crippen LogP contribution in [0.1, 0.15) is 24.5 Å². The molecule has 0 atom stereocenters. The normalized spacial score (nSPS) is 10.3. The Morgan fingerprint density at radius 2 is 1.26 bits per heavy atom. The van der Waals surface area contributed by atoms with Crippen molar-refractivity contribution in [2.24, 2.45) is 0 Å². The molecular formula is C38H32O9. The average molecular weight is 633 g/mol. The fraction of sp³-hybridized carbons (Fsp3) is 0.105. The van der Waals surface area contributed by atoms with E-state index in [4.69, 9.17) is 18.9 Å². The number of aliphatic hydroxyl groups excluding tert-OH is 1. The smallest absolute Gasteiger partial charge is 0.338 e. The molecular weight excluding hydrogens is 600 g/mol. The van der Waals surface area contributed by atoms with Crippen molar-refractivity contribution in [3.05, 3.63) is 134 Å². The molecule has 4 aromatic carbocycles. The number of benzene rings is 4. The Morgan fingerprint density at radius 1 is 0.681 bits per heavy atom. The number of aryl methyl sites for hydroxylation is 1. The van der Waals surface area contributed by atoms with Crippen molar-refractivity contribution in [2.75, 3.05) is 0 Å². The van der Waals surface area contributed by atoms with Crippen LogP contribution < -0.4 is 18.9 Å². The summed E-state index contributed by atoms with van der Waals surface area (Å²) in [5.74, 6) is -1.65. The van der Waals surface area contributed by atoms with E-state index < -0.39 is 23.9 Å². The minimum Gasteiger partial charge on any atom is -0.427 e. The molecule has 4 rings (SSSR count). The molecule has 9 heteroatoms. The van der Waals surface area contributed by atoms with Crippen LogP contribution in [0.2, 0.25) is 0 Å². The van der Waals surface area contributed by atoms with Crippen molar-refractivity contribution in [3.63, 3.8) is 0 Å². The first-order chi connectivity index (χ1) is 22.6. The van der Waals surface area contributed by atoms with Gasteiger partial charge in [-0.05, 0) is 89.2 Å². The van der Waals surface area contributed by atoms with E-state index in [1.165, 1.54) is 12.1 Å². The molecule has 0 aliphatic heterocycles. The maximum absolute atomic E-state index is 12.6. The third-order valence-corrected chi connectivity index (χ3v) is 6.80. The van der Waals surface area contributed by atoms with Gasteiger partial charge in [0.05, 0.1) is 6.61 Å². The molecule has 0 aliphatic carbocycles. The standard InChI is InChI=1S/C38H32O9/c1-5-35(40)46-33-19-7-25(21-34(33)47-36(41)6-2)8-20-37(42)44-30-14-9-26(10-15-30)28-13-18-32(29(22-28)23-39)27-11-16-31(17-12-27)45-38(43)24(3)4/h5-7,9-19,21-22,39H,1-3,8,20,23H2,4H3. The minimum atomic E-state index is -0.737. The lowest BCUT2D eigenvalue weighted by atomic mass is 9.95. The van der Waals surface area contributed by atoms with Crippen LogP contribution in [-0.4, -0.2) is 29.0 Å². The van der Waals surface area contributed by atoms with Crippen LogP contribution in [0.15, 0.2) is 122 Å². The summed E-state index contributed by atoms with van der Waals surface area (Å²) >= 11 is 0. The van der Waals surface area contributed by atoms with Crippen LogP contribution in [-0.2, 0) is 32.2 Å². The van der Waals surface area contributed by atoms with Gasteiger partial charge in [0.15, 0.2) is 11.5 Å². The predicted molar refractivity (Wildman–Crippen MR) is 176 cm³/mol. The van der Waals surface area contributed by atoms with Gasteiger partial charge in [-0.1, -0.05) is 62.2 Å². The number of ether oxygens (including phenoxy) is 4. The van der Waals surface area contributed by atoms with Gasteiger partial charge in [0.1, 0.15) is 11.5 Å². The Kier molecular flexibility index (Phi) is 11.4. The van der Waals surface area contributed by atoms with Crippen molar-refractivity contribution in [2.45, 2.75) is 26.4 Å². The Labute approximate surface area is 272 Å². The summed E-state index contributed by atoms with van der Waals surface area (Å²) in [6.07, 6.45) is 2.25. The number of rotatable bonds is 13. The molecule has 1 N–H and O–H groups in total. The van der Waals surface area contributed by atoms with E-state index in [0.717, 1.165) is 34.4 Å². The van der Waals surface area contributed by atoms with Crippen LogP contribution in [0.5, 0.6) is 23.0 Å². The van der Waals surface area contributed by atoms with Gasteiger partial charge in [-0.2, -0.15) is 0 Å². The van der Waals surface area contributed by atoms with Crippen molar-refractivity contribution < 1.29 is 43.2 Å². The number of hydrogen-bond acceptors (Lipinski definition) is 9. The van der Waals surface area contributed by atoms with Crippen LogP contribution >= 0.6 is 0 Å². The zero-order valence-corrected chi connectivity index (χ0v) is 25.7. The van der Waals surface area contributed by atoms with Gasteiger partial charge in [-0.3, -0.25) is 4.79 Å². The largest absolute Gasteiger partial charge is 0.427 e. The second-order valence-corrected chi connectivity index (χ2v) is 10.3. The molecule has 0 aliphatic rings. The lowest BCUT2D eigenvalue weighted by molar-refractivity contribution is -0.134. The van der Waals surface area contributed by atoms with Crippen molar-refractivity contribution in [1.29, 1.82) is 0 Å². The monoisotopic (exact) mass is 632 g/mol. The highest BCUT2D eigenvalue weighted by Crippen LogP contribution is 2.32. The molecule has 0 fully saturated rings. The molecule has 238 valence electrons. The maximum atomic E-state index is 12.6. The van der Waals surface area contributed by atoms with E-state index in [2.05, 4.69) is 19.7 Å². The molecule has 0 aromatic heterocycles. The van der Waals surface area contributed by atoms with Gasteiger partial charge in [0.2, 0.25) is 0 Å². The summed E-state index contributed by atoms with van der Waals surface area (Å²) in [7, 11) is 0. The summed E-state index contributed by atoms with van der Waals surface area (Å²) < 4.78 is 21.0. The van der Waals surface area contributed by atoms with E-state index in [1.807, 2.05) is 42.5 Å². The first-order valence-corrected chi connectivity index (χ1v) is 14.4. The molecule has 47 heavy (non-hydrogen) atoms. The molecule has 0 radical (unpaired) electrons. The molecule has 0 spiro atoms.